The van der Waals surface area contributed by atoms with Crippen molar-refractivity contribution in [2.45, 2.75) is 77.2 Å². The van der Waals surface area contributed by atoms with Gasteiger partial charge in [-0.3, -0.25) is 0 Å². The maximum absolute atomic E-state index is 11.7. The van der Waals surface area contributed by atoms with Crippen LogP contribution in [0.5, 0.6) is 0 Å². The number of carbonyl (C=O) groups is 2. The Morgan fingerprint density at radius 3 is 2.23 bits per heavy atom. The number of carbonyl (C=O) groups excluding carboxylic acids is 2. The van der Waals surface area contributed by atoms with Crippen molar-refractivity contribution in [1.82, 2.24) is 5.32 Å². The van der Waals surface area contributed by atoms with E-state index >= 15 is 0 Å². The molecule has 0 radical (unpaired) electrons. The normalized spacial score (nSPS) is 13.4. The Kier molecular flexibility index (Phi) is 8.40. The Morgan fingerprint density at radius 2 is 1.77 bits per heavy atom. The fourth-order valence-electron chi connectivity index (χ4n) is 1.96. The summed E-state index contributed by atoms with van der Waals surface area (Å²) in [4.78, 5) is 23.4. The molecule has 7 heteroatoms. The summed E-state index contributed by atoms with van der Waals surface area (Å²) in [5.74, 6) is -2.34. The molecule has 7 nitrogen and oxygen atoms in total. The third kappa shape index (κ3) is 9.57. The van der Waals surface area contributed by atoms with Crippen molar-refractivity contribution in [3.63, 3.8) is 0 Å². The molecule has 1 amide bonds. The summed E-state index contributed by atoms with van der Waals surface area (Å²) in [7, 11) is 1.23. The van der Waals surface area contributed by atoms with E-state index in [1.165, 1.54) is 7.11 Å². The van der Waals surface area contributed by atoms with Crippen LogP contribution in [0.4, 0.5) is 4.79 Å². The number of nitrogens with one attached hydrogen (secondary N) is 1. The topological polar surface area (TPSA) is 105 Å². The van der Waals surface area contributed by atoms with E-state index in [9.17, 15) is 19.8 Å². The van der Waals surface area contributed by atoms with Gasteiger partial charge in [-0.1, -0.05) is 13.3 Å². The zero-order chi connectivity index (χ0) is 17.4. The Bertz CT molecular complexity index is 362. The Balaban J connectivity index is 4.48. The van der Waals surface area contributed by atoms with E-state index in [0.29, 0.717) is 12.8 Å². The van der Waals surface area contributed by atoms with Crippen LogP contribution in [0.3, 0.4) is 0 Å². The lowest BCUT2D eigenvalue weighted by atomic mass is 10.0. The highest BCUT2D eigenvalue weighted by Crippen LogP contribution is 2.18. The number of ether oxygens (including phenoxy) is 2. The highest BCUT2D eigenvalue weighted by molar-refractivity contribution is 5.81. The van der Waals surface area contributed by atoms with Gasteiger partial charge in [0.2, 0.25) is 0 Å². The second-order valence-electron chi connectivity index (χ2n) is 6.35. The van der Waals surface area contributed by atoms with E-state index in [1.54, 1.807) is 20.8 Å². The second-order valence-corrected chi connectivity index (χ2v) is 6.35. The fraction of sp³-hybridized carbons (Fsp3) is 0.867. The van der Waals surface area contributed by atoms with E-state index in [4.69, 9.17) is 4.74 Å². The maximum Gasteiger partial charge on any atom is 0.408 e. The molecule has 3 N–H and O–H groups in total. The summed E-state index contributed by atoms with van der Waals surface area (Å²) in [5.41, 5.74) is -0.669. The van der Waals surface area contributed by atoms with Crippen LogP contribution in [0.2, 0.25) is 0 Å². The minimum Gasteiger partial charge on any atom is -0.467 e. The average Bonchev–Trinajstić information content (AvgIpc) is 2.34. The number of hydrogen-bond acceptors (Lipinski definition) is 6. The first-order valence-corrected chi connectivity index (χ1v) is 7.53. The molecule has 0 aromatic carbocycles. The standard InChI is InChI=1S/C15H29NO6/c1-6-9-15(19,20)10-7-8-11(12(17)21-5)16-13(18)22-14(2,3)4/h11,19-20H,6-10H2,1-5H3,(H,16,18)/t11-/m0/s1. The van der Waals surface area contributed by atoms with Crippen molar-refractivity contribution in [2.75, 3.05) is 7.11 Å². The van der Waals surface area contributed by atoms with Crippen molar-refractivity contribution in [2.24, 2.45) is 0 Å². The molecule has 0 saturated carbocycles. The van der Waals surface area contributed by atoms with E-state index in [-0.39, 0.29) is 19.3 Å². The predicted molar refractivity (Wildman–Crippen MR) is 81.1 cm³/mol. The van der Waals surface area contributed by atoms with Crippen molar-refractivity contribution in [1.29, 1.82) is 0 Å². The molecule has 0 aromatic rings. The van der Waals surface area contributed by atoms with Crippen molar-refractivity contribution >= 4 is 12.1 Å². The van der Waals surface area contributed by atoms with Crippen molar-refractivity contribution in [3.05, 3.63) is 0 Å². The van der Waals surface area contributed by atoms with Crippen LogP contribution in [0.15, 0.2) is 0 Å². The van der Waals surface area contributed by atoms with Gasteiger partial charge in [-0.05, 0) is 33.6 Å². The van der Waals surface area contributed by atoms with Crippen molar-refractivity contribution < 1.29 is 29.3 Å². The third-order valence-electron chi connectivity index (χ3n) is 2.90. The molecule has 0 spiro atoms. The van der Waals surface area contributed by atoms with Gasteiger partial charge in [0.1, 0.15) is 11.6 Å². The number of aliphatic hydroxyl groups is 2. The third-order valence-corrected chi connectivity index (χ3v) is 2.90. The van der Waals surface area contributed by atoms with Crippen LogP contribution in [0.1, 0.15) is 59.8 Å². The van der Waals surface area contributed by atoms with Gasteiger partial charge in [0, 0.05) is 12.8 Å². The van der Waals surface area contributed by atoms with Gasteiger partial charge in [0.05, 0.1) is 7.11 Å². The molecule has 0 aliphatic heterocycles. The smallest absolute Gasteiger partial charge is 0.408 e. The molecule has 0 rings (SSSR count). The van der Waals surface area contributed by atoms with Gasteiger partial charge in [-0.2, -0.15) is 0 Å². The SMILES string of the molecule is CCCC(O)(O)CCC[C@H](NC(=O)OC(C)(C)C)C(=O)OC. The van der Waals surface area contributed by atoms with Gasteiger partial charge in [-0.15, -0.1) is 0 Å². The Labute approximate surface area is 132 Å². The molecule has 0 saturated heterocycles. The number of methoxy groups -OCH3 is 1. The van der Waals surface area contributed by atoms with Crippen LogP contribution in [-0.2, 0) is 14.3 Å². The Morgan fingerprint density at radius 1 is 1.18 bits per heavy atom. The number of rotatable bonds is 8. The number of amides is 1. The molecule has 0 aliphatic carbocycles. The van der Waals surface area contributed by atoms with Crippen LogP contribution in [-0.4, -0.2) is 46.8 Å². The van der Waals surface area contributed by atoms with E-state index < -0.39 is 29.5 Å². The van der Waals surface area contributed by atoms with Gasteiger partial charge in [0.15, 0.2) is 5.79 Å². The molecule has 22 heavy (non-hydrogen) atoms. The molecule has 1 atom stereocenters. The molecule has 0 bridgehead atoms. The highest BCUT2D eigenvalue weighted by atomic mass is 16.6. The van der Waals surface area contributed by atoms with Gasteiger partial charge < -0.3 is 25.0 Å². The van der Waals surface area contributed by atoms with Crippen LogP contribution in [0.25, 0.3) is 0 Å². The van der Waals surface area contributed by atoms with Gasteiger partial charge in [0.25, 0.3) is 0 Å². The molecule has 0 unspecified atom stereocenters. The summed E-state index contributed by atoms with van der Waals surface area (Å²) in [6, 6.07) is -0.878. The summed E-state index contributed by atoms with van der Waals surface area (Å²) in [6.07, 6.45) is 0.889. The molecule has 0 fully saturated rings. The van der Waals surface area contributed by atoms with Gasteiger partial charge in [-0.25, -0.2) is 9.59 Å². The summed E-state index contributed by atoms with van der Waals surface area (Å²) in [6.45, 7) is 7.01. The zero-order valence-electron chi connectivity index (χ0n) is 14.1. The quantitative estimate of drug-likeness (QED) is 0.464. The second kappa shape index (κ2) is 8.95. The monoisotopic (exact) mass is 319 g/mol. The van der Waals surface area contributed by atoms with E-state index in [0.717, 1.165) is 0 Å². The summed E-state index contributed by atoms with van der Waals surface area (Å²) in [5, 5.41) is 21.8. The minimum atomic E-state index is -1.75. The number of alkyl carbamates (subject to hydrolysis) is 1. The highest BCUT2D eigenvalue weighted by Gasteiger charge is 2.27. The fourth-order valence-corrected chi connectivity index (χ4v) is 1.96. The first kappa shape index (κ1) is 20.7. The predicted octanol–water partition coefficient (Wildman–Crippen LogP) is 1.70. The maximum atomic E-state index is 11.7. The van der Waals surface area contributed by atoms with Crippen LogP contribution in [0, 0.1) is 0 Å². The molecule has 0 aliphatic rings. The van der Waals surface area contributed by atoms with Crippen LogP contribution < -0.4 is 5.32 Å². The first-order chi connectivity index (χ1) is 10.0. The van der Waals surface area contributed by atoms with Crippen molar-refractivity contribution in [3.8, 4) is 0 Å². The molecular weight excluding hydrogens is 290 g/mol. The number of hydrogen-bond donors (Lipinski definition) is 3. The number of esters is 1. The lowest BCUT2D eigenvalue weighted by molar-refractivity contribution is -0.171. The zero-order valence-corrected chi connectivity index (χ0v) is 14.1. The minimum absolute atomic E-state index is 0.115. The average molecular weight is 319 g/mol. The lowest BCUT2D eigenvalue weighted by Crippen LogP contribution is -2.44. The largest absolute Gasteiger partial charge is 0.467 e. The summed E-state index contributed by atoms with van der Waals surface area (Å²) >= 11 is 0. The lowest BCUT2D eigenvalue weighted by Gasteiger charge is -2.24. The van der Waals surface area contributed by atoms with Crippen LogP contribution >= 0.6 is 0 Å². The molecule has 0 aromatic heterocycles. The first-order valence-electron chi connectivity index (χ1n) is 7.53. The van der Waals surface area contributed by atoms with Gasteiger partial charge >= 0.3 is 12.1 Å². The Hall–Kier alpha value is -1.34. The van der Waals surface area contributed by atoms with E-state index in [2.05, 4.69) is 10.1 Å². The molecule has 0 heterocycles. The summed E-state index contributed by atoms with van der Waals surface area (Å²) < 4.78 is 9.73. The molecule has 130 valence electrons. The van der Waals surface area contributed by atoms with E-state index in [1.807, 2.05) is 6.92 Å². The molecular formula is C15H29NO6.